The number of rotatable bonds is 6. The molecule has 0 bridgehead atoms. The first kappa shape index (κ1) is 17.8. The third-order valence-corrected chi connectivity index (χ3v) is 3.19. The minimum absolute atomic E-state index is 0. The quantitative estimate of drug-likeness (QED) is 0.842. The van der Waals surface area contributed by atoms with Gasteiger partial charge in [0.15, 0.2) is 0 Å². The number of hydrogen-bond acceptors (Lipinski definition) is 3. The summed E-state index contributed by atoms with van der Waals surface area (Å²) < 4.78 is 5.83. The Labute approximate surface area is 132 Å². The first-order valence-electron chi connectivity index (χ1n) is 7.14. The average Bonchev–Trinajstić information content (AvgIpc) is 2.87. The van der Waals surface area contributed by atoms with Gasteiger partial charge in [-0.1, -0.05) is 38.1 Å². The fourth-order valence-corrected chi connectivity index (χ4v) is 2.04. The lowest BCUT2D eigenvalue weighted by atomic mass is 10.1. The van der Waals surface area contributed by atoms with Gasteiger partial charge in [-0.15, -0.1) is 12.4 Å². The molecule has 2 rings (SSSR count). The molecule has 0 aliphatic rings. The molecular formula is C17H24ClNO2. The molecule has 1 aromatic carbocycles. The van der Waals surface area contributed by atoms with Crippen LogP contribution < -0.4 is 5.32 Å². The molecule has 0 radical (unpaired) electrons. The van der Waals surface area contributed by atoms with E-state index in [4.69, 9.17) is 4.42 Å². The zero-order valence-electron chi connectivity index (χ0n) is 12.8. The van der Waals surface area contributed by atoms with Crippen molar-refractivity contribution in [1.82, 2.24) is 5.32 Å². The van der Waals surface area contributed by atoms with Crippen molar-refractivity contribution in [3.05, 3.63) is 47.7 Å². The van der Waals surface area contributed by atoms with Crippen LogP contribution in [0.25, 0.3) is 11.3 Å². The fraction of sp³-hybridized carbons (Fsp3) is 0.412. The van der Waals surface area contributed by atoms with Gasteiger partial charge in [0.1, 0.15) is 11.5 Å². The van der Waals surface area contributed by atoms with Crippen LogP contribution in [0.1, 0.15) is 38.2 Å². The molecule has 0 amide bonds. The van der Waals surface area contributed by atoms with Gasteiger partial charge in [0.25, 0.3) is 0 Å². The molecule has 1 aromatic heterocycles. The molecular weight excluding hydrogens is 286 g/mol. The summed E-state index contributed by atoms with van der Waals surface area (Å²) in [6, 6.07) is 11.8. The molecule has 1 atom stereocenters. The first-order chi connectivity index (χ1) is 9.56. The van der Waals surface area contributed by atoms with Crippen LogP contribution >= 0.6 is 12.4 Å². The van der Waals surface area contributed by atoms with Crippen LogP contribution in [0.2, 0.25) is 0 Å². The van der Waals surface area contributed by atoms with Crippen molar-refractivity contribution in [2.24, 2.45) is 5.92 Å². The Morgan fingerprint density at radius 3 is 2.29 bits per heavy atom. The van der Waals surface area contributed by atoms with E-state index in [2.05, 4.69) is 19.2 Å². The van der Waals surface area contributed by atoms with Crippen molar-refractivity contribution >= 4 is 12.4 Å². The Morgan fingerprint density at radius 1 is 1.05 bits per heavy atom. The molecule has 1 unspecified atom stereocenters. The maximum absolute atomic E-state index is 9.50. The largest absolute Gasteiger partial charge is 0.460 e. The first-order valence-corrected chi connectivity index (χ1v) is 7.14. The van der Waals surface area contributed by atoms with E-state index in [0.717, 1.165) is 35.7 Å². The van der Waals surface area contributed by atoms with Gasteiger partial charge in [-0.2, -0.15) is 0 Å². The molecule has 0 fully saturated rings. The SMILES string of the molecule is CC(C)CNCc1ccc(-c2ccc(C(C)O)cc2)o1.Cl. The second-order valence-electron chi connectivity index (χ2n) is 5.59. The Hall–Kier alpha value is -1.29. The van der Waals surface area contributed by atoms with Crippen molar-refractivity contribution < 1.29 is 9.52 Å². The minimum Gasteiger partial charge on any atom is -0.460 e. The third-order valence-electron chi connectivity index (χ3n) is 3.19. The second-order valence-corrected chi connectivity index (χ2v) is 5.59. The van der Waals surface area contributed by atoms with E-state index in [-0.39, 0.29) is 12.4 Å². The Morgan fingerprint density at radius 2 is 1.71 bits per heavy atom. The molecule has 0 spiro atoms. The predicted octanol–water partition coefficient (Wildman–Crippen LogP) is 4.17. The topological polar surface area (TPSA) is 45.4 Å². The second kappa shape index (κ2) is 8.23. The molecule has 21 heavy (non-hydrogen) atoms. The lowest BCUT2D eigenvalue weighted by molar-refractivity contribution is 0.199. The highest BCUT2D eigenvalue weighted by atomic mass is 35.5. The summed E-state index contributed by atoms with van der Waals surface area (Å²) in [6.45, 7) is 7.87. The summed E-state index contributed by atoms with van der Waals surface area (Å²) in [5.41, 5.74) is 1.95. The Balaban J connectivity index is 0.00000220. The van der Waals surface area contributed by atoms with Crippen molar-refractivity contribution in [3.63, 3.8) is 0 Å². The van der Waals surface area contributed by atoms with Crippen molar-refractivity contribution in [1.29, 1.82) is 0 Å². The highest BCUT2D eigenvalue weighted by Gasteiger charge is 2.06. The number of hydrogen-bond donors (Lipinski definition) is 2. The van der Waals surface area contributed by atoms with Gasteiger partial charge in [-0.05, 0) is 37.1 Å². The highest BCUT2D eigenvalue weighted by Crippen LogP contribution is 2.24. The molecule has 116 valence electrons. The molecule has 0 aliphatic carbocycles. The molecule has 2 N–H and O–H groups in total. The maximum Gasteiger partial charge on any atom is 0.134 e. The van der Waals surface area contributed by atoms with Gasteiger partial charge in [0.05, 0.1) is 12.6 Å². The summed E-state index contributed by atoms with van der Waals surface area (Å²) in [5, 5.41) is 12.9. The number of furan rings is 1. The highest BCUT2D eigenvalue weighted by molar-refractivity contribution is 5.85. The average molecular weight is 310 g/mol. The van der Waals surface area contributed by atoms with Gasteiger partial charge < -0.3 is 14.8 Å². The van der Waals surface area contributed by atoms with Crippen LogP contribution in [0.15, 0.2) is 40.8 Å². The zero-order valence-corrected chi connectivity index (χ0v) is 13.6. The summed E-state index contributed by atoms with van der Waals surface area (Å²) in [6.07, 6.45) is -0.434. The van der Waals surface area contributed by atoms with Crippen LogP contribution in [-0.2, 0) is 6.54 Å². The number of aliphatic hydroxyl groups is 1. The monoisotopic (exact) mass is 309 g/mol. The van der Waals surface area contributed by atoms with E-state index in [1.54, 1.807) is 6.92 Å². The smallest absolute Gasteiger partial charge is 0.134 e. The Bertz CT molecular complexity index is 532. The van der Waals surface area contributed by atoms with Gasteiger partial charge in [0.2, 0.25) is 0 Å². The Kier molecular flexibility index (Phi) is 6.96. The van der Waals surface area contributed by atoms with Crippen LogP contribution in [0, 0.1) is 5.92 Å². The maximum atomic E-state index is 9.50. The van der Waals surface area contributed by atoms with Gasteiger partial charge >= 0.3 is 0 Å². The van der Waals surface area contributed by atoms with E-state index in [1.807, 2.05) is 36.4 Å². The summed E-state index contributed by atoms with van der Waals surface area (Å²) in [4.78, 5) is 0. The summed E-state index contributed by atoms with van der Waals surface area (Å²) in [5.74, 6) is 2.45. The standard InChI is InChI=1S/C17H23NO2.ClH/c1-12(2)10-18-11-16-8-9-17(20-16)15-6-4-14(5-7-15)13(3)19;/h4-9,12-13,18-19H,10-11H2,1-3H3;1H. The van der Waals surface area contributed by atoms with Crippen LogP contribution in [-0.4, -0.2) is 11.7 Å². The van der Waals surface area contributed by atoms with Crippen molar-refractivity contribution in [3.8, 4) is 11.3 Å². The molecule has 4 heteroatoms. The van der Waals surface area contributed by atoms with Crippen LogP contribution in [0.4, 0.5) is 0 Å². The normalized spacial score (nSPS) is 12.2. The molecule has 0 saturated carbocycles. The molecule has 0 aliphatic heterocycles. The molecule has 1 heterocycles. The summed E-state index contributed by atoms with van der Waals surface area (Å²) >= 11 is 0. The molecule has 2 aromatic rings. The number of aliphatic hydroxyl groups excluding tert-OH is 1. The van der Waals surface area contributed by atoms with Gasteiger partial charge in [-0.3, -0.25) is 0 Å². The molecule has 0 saturated heterocycles. The lowest BCUT2D eigenvalue weighted by Gasteiger charge is -2.06. The third kappa shape index (κ3) is 5.20. The van der Waals surface area contributed by atoms with Crippen molar-refractivity contribution in [2.75, 3.05) is 6.54 Å². The van der Waals surface area contributed by atoms with E-state index >= 15 is 0 Å². The number of nitrogens with one attached hydrogen (secondary N) is 1. The number of benzene rings is 1. The van der Waals surface area contributed by atoms with Gasteiger partial charge in [-0.25, -0.2) is 0 Å². The van der Waals surface area contributed by atoms with Gasteiger partial charge in [0, 0.05) is 5.56 Å². The predicted molar refractivity (Wildman–Crippen MR) is 88.6 cm³/mol. The van der Waals surface area contributed by atoms with Crippen molar-refractivity contribution in [2.45, 2.75) is 33.4 Å². The summed E-state index contributed by atoms with van der Waals surface area (Å²) in [7, 11) is 0. The van der Waals surface area contributed by atoms with E-state index in [0.29, 0.717) is 5.92 Å². The van der Waals surface area contributed by atoms with E-state index in [1.165, 1.54) is 0 Å². The fourth-order valence-electron chi connectivity index (χ4n) is 2.04. The number of halogens is 1. The van der Waals surface area contributed by atoms with Crippen LogP contribution in [0.5, 0.6) is 0 Å². The van der Waals surface area contributed by atoms with E-state index in [9.17, 15) is 5.11 Å². The molecule has 3 nitrogen and oxygen atoms in total. The van der Waals surface area contributed by atoms with E-state index < -0.39 is 6.10 Å². The van der Waals surface area contributed by atoms with Crippen LogP contribution in [0.3, 0.4) is 0 Å². The minimum atomic E-state index is -0.434. The lowest BCUT2D eigenvalue weighted by Crippen LogP contribution is -2.18. The zero-order chi connectivity index (χ0) is 14.5.